The number of benzene rings is 1. The van der Waals surface area contributed by atoms with E-state index in [1.54, 1.807) is 18.2 Å². The lowest BCUT2D eigenvalue weighted by Crippen LogP contribution is -2.55. The van der Waals surface area contributed by atoms with Gasteiger partial charge >= 0.3 is 6.18 Å². The summed E-state index contributed by atoms with van der Waals surface area (Å²) in [5.41, 5.74) is 2.60. The molecule has 15 heavy (non-hydrogen) atoms. The smallest absolute Gasteiger partial charge is 0.386 e. The van der Waals surface area contributed by atoms with E-state index in [-0.39, 0.29) is 5.56 Å². The molecule has 0 aliphatic heterocycles. The van der Waals surface area contributed by atoms with Crippen LogP contribution >= 0.6 is 0 Å². The summed E-state index contributed by atoms with van der Waals surface area (Å²) in [6.45, 7) is 0.769. The number of hydrogen-bond acceptors (Lipinski definition) is 2. The van der Waals surface area contributed by atoms with E-state index in [4.69, 9.17) is 5.73 Å². The van der Waals surface area contributed by atoms with Gasteiger partial charge in [0.25, 0.3) is 0 Å². The maximum Gasteiger partial charge on any atom is 0.408 e. The van der Waals surface area contributed by atoms with Crippen molar-refractivity contribution >= 4 is 0 Å². The van der Waals surface area contributed by atoms with Crippen molar-refractivity contribution in [2.75, 3.05) is 0 Å². The summed E-state index contributed by atoms with van der Waals surface area (Å²) in [6.07, 6.45) is -6.42. The number of alkyl halides is 3. The van der Waals surface area contributed by atoms with Crippen LogP contribution < -0.4 is 5.73 Å². The predicted octanol–water partition coefficient (Wildman–Crippen LogP) is 2.00. The van der Waals surface area contributed by atoms with Crippen LogP contribution in [0.25, 0.3) is 0 Å². The molecular formula is C10H12F3NO. The zero-order valence-corrected chi connectivity index (χ0v) is 8.12. The summed E-state index contributed by atoms with van der Waals surface area (Å²) >= 11 is 0. The number of halogens is 3. The molecule has 0 fully saturated rings. The highest BCUT2D eigenvalue weighted by atomic mass is 19.4. The van der Waals surface area contributed by atoms with Gasteiger partial charge in [-0.15, -0.1) is 0 Å². The molecule has 1 rings (SSSR count). The molecule has 0 aromatic heterocycles. The average Bonchev–Trinajstić information content (AvgIpc) is 2.16. The minimum absolute atomic E-state index is 0.153. The summed E-state index contributed by atoms with van der Waals surface area (Å²) in [7, 11) is 0. The van der Waals surface area contributed by atoms with Crippen molar-refractivity contribution in [3.05, 3.63) is 35.9 Å². The molecule has 0 aliphatic rings. The van der Waals surface area contributed by atoms with E-state index >= 15 is 0 Å². The molecular weight excluding hydrogens is 207 g/mol. The second-order valence-corrected chi connectivity index (χ2v) is 3.59. The van der Waals surface area contributed by atoms with Crippen LogP contribution in [0.15, 0.2) is 30.3 Å². The first kappa shape index (κ1) is 12.0. The minimum Gasteiger partial charge on any atom is -0.386 e. The van der Waals surface area contributed by atoms with Crippen LogP contribution in [-0.2, 0) is 0 Å². The highest BCUT2D eigenvalue weighted by Crippen LogP contribution is 2.37. The number of aliphatic hydroxyl groups excluding tert-OH is 1. The molecule has 0 unspecified atom stereocenters. The molecule has 0 aliphatic carbocycles. The standard InChI is InChI=1S/C10H12F3NO/c1-9(14,10(11,12)13)8(15)7-5-3-2-4-6-7/h2-6,8,15H,14H2,1H3/t8-,9-/m1/s1. The number of nitrogens with two attached hydrogens (primary N) is 1. The Labute approximate surface area is 85.5 Å². The highest BCUT2D eigenvalue weighted by Gasteiger charge is 2.53. The van der Waals surface area contributed by atoms with Gasteiger partial charge in [-0.1, -0.05) is 30.3 Å². The van der Waals surface area contributed by atoms with E-state index in [0.717, 1.165) is 6.92 Å². The summed E-state index contributed by atoms with van der Waals surface area (Å²) < 4.78 is 37.5. The number of rotatable bonds is 2. The summed E-state index contributed by atoms with van der Waals surface area (Å²) in [4.78, 5) is 0. The van der Waals surface area contributed by atoms with E-state index in [1.807, 2.05) is 0 Å². The summed E-state index contributed by atoms with van der Waals surface area (Å²) in [5, 5.41) is 9.54. The van der Waals surface area contributed by atoms with E-state index in [9.17, 15) is 18.3 Å². The minimum atomic E-state index is -4.65. The van der Waals surface area contributed by atoms with Crippen molar-refractivity contribution in [3.63, 3.8) is 0 Å². The average molecular weight is 219 g/mol. The molecule has 0 amide bonds. The van der Waals surface area contributed by atoms with Crippen molar-refractivity contribution in [1.29, 1.82) is 0 Å². The Morgan fingerprint density at radius 3 is 2.07 bits per heavy atom. The van der Waals surface area contributed by atoms with E-state index in [2.05, 4.69) is 0 Å². The molecule has 84 valence electrons. The molecule has 0 saturated carbocycles. The van der Waals surface area contributed by atoms with Gasteiger partial charge in [0.15, 0.2) is 0 Å². The molecule has 2 nitrogen and oxygen atoms in total. The van der Waals surface area contributed by atoms with Crippen LogP contribution in [-0.4, -0.2) is 16.8 Å². The van der Waals surface area contributed by atoms with Crippen LogP contribution in [0.4, 0.5) is 13.2 Å². The molecule has 2 atom stereocenters. The van der Waals surface area contributed by atoms with Gasteiger partial charge in [0.05, 0.1) is 0 Å². The van der Waals surface area contributed by atoms with Gasteiger partial charge in [-0.25, -0.2) is 0 Å². The molecule has 5 heteroatoms. The molecule has 0 spiro atoms. The SMILES string of the molecule is C[C@@](N)([C@H](O)c1ccccc1)C(F)(F)F. The molecule has 3 N–H and O–H groups in total. The van der Waals surface area contributed by atoms with Crippen LogP contribution in [0.1, 0.15) is 18.6 Å². The molecule has 0 bridgehead atoms. The highest BCUT2D eigenvalue weighted by molar-refractivity contribution is 5.21. The molecule has 1 aromatic rings. The van der Waals surface area contributed by atoms with E-state index < -0.39 is 17.8 Å². The molecule has 0 saturated heterocycles. The first-order valence-electron chi connectivity index (χ1n) is 4.35. The quantitative estimate of drug-likeness (QED) is 0.799. The van der Waals surface area contributed by atoms with Crippen LogP contribution in [0.3, 0.4) is 0 Å². The zero-order valence-electron chi connectivity index (χ0n) is 8.12. The monoisotopic (exact) mass is 219 g/mol. The fraction of sp³-hybridized carbons (Fsp3) is 0.400. The van der Waals surface area contributed by atoms with Crippen LogP contribution in [0.5, 0.6) is 0 Å². The van der Waals surface area contributed by atoms with Gasteiger partial charge in [0, 0.05) is 0 Å². The molecule has 1 aromatic carbocycles. The number of hydrogen-bond donors (Lipinski definition) is 2. The fourth-order valence-electron chi connectivity index (χ4n) is 1.14. The zero-order chi connectivity index (χ0) is 11.7. The lowest BCUT2D eigenvalue weighted by molar-refractivity contribution is -0.207. The second kappa shape index (κ2) is 3.83. The second-order valence-electron chi connectivity index (χ2n) is 3.59. The Morgan fingerprint density at radius 1 is 1.20 bits per heavy atom. The normalized spacial score (nSPS) is 18.3. The molecule has 0 radical (unpaired) electrons. The Hall–Kier alpha value is -1.07. The third kappa shape index (κ3) is 2.30. The van der Waals surface area contributed by atoms with Gasteiger partial charge in [-0.3, -0.25) is 0 Å². The van der Waals surface area contributed by atoms with E-state index in [0.29, 0.717) is 0 Å². The maximum absolute atomic E-state index is 12.5. The van der Waals surface area contributed by atoms with Crippen molar-refractivity contribution in [2.45, 2.75) is 24.7 Å². The maximum atomic E-state index is 12.5. The van der Waals surface area contributed by atoms with Crippen molar-refractivity contribution in [1.82, 2.24) is 0 Å². The third-order valence-corrected chi connectivity index (χ3v) is 2.29. The third-order valence-electron chi connectivity index (χ3n) is 2.29. The van der Waals surface area contributed by atoms with Crippen molar-refractivity contribution in [3.8, 4) is 0 Å². The van der Waals surface area contributed by atoms with Crippen LogP contribution in [0, 0.1) is 0 Å². The Bertz CT molecular complexity index is 321. The first-order valence-corrected chi connectivity index (χ1v) is 4.35. The largest absolute Gasteiger partial charge is 0.408 e. The van der Waals surface area contributed by atoms with Crippen LogP contribution in [0.2, 0.25) is 0 Å². The predicted molar refractivity (Wildman–Crippen MR) is 50.0 cm³/mol. The van der Waals surface area contributed by atoms with E-state index in [1.165, 1.54) is 12.1 Å². The summed E-state index contributed by atoms with van der Waals surface area (Å²) in [5.74, 6) is 0. The first-order chi connectivity index (χ1) is 6.77. The van der Waals surface area contributed by atoms with Gasteiger partial charge in [0.2, 0.25) is 0 Å². The van der Waals surface area contributed by atoms with Gasteiger partial charge < -0.3 is 10.8 Å². The Morgan fingerprint density at radius 2 is 1.67 bits per heavy atom. The van der Waals surface area contributed by atoms with Crippen molar-refractivity contribution in [2.24, 2.45) is 5.73 Å². The fourth-order valence-corrected chi connectivity index (χ4v) is 1.14. The lowest BCUT2D eigenvalue weighted by atomic mass is 9.90. The van der Waals surface area contributed by atoms with Gasteiger partial charge in [-0.2, -0.15) is 13.2 Å². The summed E-state index contributed by atoms with van der Waals surface area (Å²) in [6, 6.07) is 7.55. The van der Waals surface area contributed by atoms with Gasteiger partial charge in [-0.05, 0) is 12.5 Å². The number of aliphatic hydroxyl groups is 1. The Balaban J connectivity index is 3.00. The topological polar surface area (TPSA) is 46.2 Å². The van der Waals surface area contributed by atoms with Crippen molar-refractivity contribution < 1.29 is 18.3 Å². The lowest BCUT2D eigenvalue weighted by Gasteiger charge is -2.32. The Kier molecular flexibility index (Phi) is 3.06. The van der Waals surface area contributed by atoms with Gasteiger partial charge in [0.1, 0.15) is 11.6 Å². The molecule has 0 heterocycles.